The van der Waals surface area contributed by atoms with Crippen LogP contribution in [0.2, 0.25) is 0 Å². The fourth-order valence-corrected chi connectivity index (χ4v) is 2.66. The number of benzene rings is 1. The van der Waals surface area contributed by atoms with Crippen LogP contribution in [0, 0.1) is 6.92 Å². The first-order chi connectivity index (χ1) is 10.6. The van der Waals surface area contributed by atoms with Crippen LogP contribution in [0.3, 0.4) is 0 Å². The van der Waals surface area contributed by atoms with Gasteiger partial charge in [-0.15, -0.1) is 0 Å². The van der Waals surface area contributed by atoms with Gasteiger partial charge in [-0.2, -0.15) is 0 Å². The zero-order valence-electron chi connectivity index (χ0n) is 13.4. The van der Waals surface area contributed by atoms with Crippen molar-refractivity contribution in [1.29, 1.82) is 0 Å². The van der Waals surface area contributed by atoms with E-state index in [9.17, 15) is 9.59 Å². The van der Waals surface area contributed by atoms with Gasteiger partial charge in [-0.3, -0.25) is 9.59 Å². The first kappa shape index (κ1) is 16.3. The molecule has 0 bridgehead atoms. The van der Waals surface area contributed by atoms with E-state index in [1.165, 1.54) is 0 Å². The molecule has 1 heterocycles. The van der Waals surface area contributed by atoms with Gasteiger partial charge in [-0.25, -0.2) is 0 Å². The Kier molecular flexibility index (Phi) is 5.81. The first-order valence-corrected chi connectivity index (χ1v) is 7.78. The molecule has 0 aliphatic carbocycles. The number of aryl methyl sites for hydroxylation is 1. The van der Waals surface area contributed by atoms with Gasteiger partial charge in [-0.05, 0) is 37.0 Å². The molecule has 1 aromatic rings. The van der Waals surface area contributed by atoms with Crippen LogP contribution in [-0.2, 0) is 16.0 Å². The second kappa shape index (κ2) is 7.82. The van der Waals surface area contributed by atoms with Crippen LogP contribution in [0.4, 0.5) is 0 Å². The van der Waals surface area contributed by atoms with Crippen LogP contribution in [0.5, 0.6) is 5.75 Å². The quantitative estimate of drug-likeness (QED) is 0.870. The molecule has 1 fully saturated rings. The first-order valence-electron chi connectivity index (χ1n) is 7.78. The predicted octanol–water partition coefficient (Wildman–Crippen LogP) is 1.67. The maximum atomic E-state index is 11.9. The molecule has 1 aromatic carbocycles. The molecule has 0 unspecified atom stereocenters. The number of methoxy groups -OCH3 is 1. The molecule has 5 nitrogen and oxygen atoms in total. The van der Waals surface area contributed by atoms with Crippen molar-refractivity contribution in [3.63, 3.8) is 0 Å². The molecule has 0 aromatic heterocycles. The molecule has 0 spiro atoms. The van der Waals surface area contributed by atoms with Gasteiger partial charge in [0.25, 0.3) is 0 Å². The van der Waals surface area contributed by atoms with E-state index in [1.807, 2.05) is 30.0 Å². The topological polar surface area (TPSA) is 58.6 Å². The summed E-state index contributed by atoms with van der Waals surface area (Å²) in [5, 5.41) is 2.81. The van der Waals surface area contributed by atoms with E-state index < -0.39 is 0 Å². The second-order valence-electron chi connectivity index (χ2n) is 5.67. The monoisotopic (exact) mass is 304 g/mol. The van der Waals surface area contributed by atoms with Crippen LogP contribution < -0.4 is 10.1 Å². The molecule has 1 aliphatic rings. The number of rotatable bonds is 6. The molecule has 2 amide bonds. The summed E-state index contributed by atoms with van der Waals surface area (Å²) in [5.41, 5.74) is 1.95. The number of nitrogens with one attached hydrogen (secondary N) is 1. The van der Waals surface area contributed by atoms with Crippen molar-refractivity contribution in [2.75, 3.05) is 26.7 Å². The highest BCUT2D eigenvalue weighted by molar-refractivity contribution is 5.80. The minimum atomic E-state index is -0.0693. The van der Waals surface area contributed by atoms with E-state index in [4.69, 9.17) is 4.74 Å². The van der Waals surface area contributed by atoms with Crippen LogP contribution in [0.1, 0.15) is 30.4 Å². The molecule has 22 heavy (non-hydrogen) atoms. The van der Waals surface area contributed by atoms with Crippen molar-refractivity contribution >= 4 is 11.8 Å². The van der Waals surface area contributed by atoms with E-state index in [1.54, 1.807) is 7.11 Å². The van der Waals surface area contributed by atoms with Gasteiger partial charge in [0.05, 0.1) is 13.5 Å². The molecular weight excluding hydrogens is 280 g/mol. The zero-order valence-corrected chi connectivity index (χ0v) is 13.4. The molecule has 0 radical (unpaired) electrons. The minimum Gasteiger partial charge on any atom is -0.496 e. The van der Waals surface area contributed by atoms with E-state index in [0.717, 1.165) is 42.8 Å². The fourth-order valence-electron chi connectivity index (χ4n) is 2.66. The van der Waals surface area contributed by atoms with Crippen LogP contribution in [-0.4, -0.2) is 43.5 Å². The normalized spacial score (nSPS) is 14.0. The molecule has 5 heteroatoms. The van der Waals surface area contributed by atoms with Crippen molar-refractivity contribution in [2.45, 2.75) is 32.6 Å². The molecular formula is C17H24N2O3. The van der Waals surface area contributed by atoms with Crippen molar-refractivity contribution < 1.29 is 14.3 Å². The lowest BCUT2D eigenvalue weighted by Gasteiger charge is -2.15. The number of nitrogens with zero attached hydrogens (tertiary/aromatic N) is 1. The lowest BCUT2D eigenvalue weighted by atomic mass is 10.1. The lowest BCUT2D eigenvalue weighted by Crippen LogP contribution is -2.33. The van der Waals surface area contributed by atoms with Crippen molar-refractivity contribution in [3.05, 3.63) is 29.3 Å². The standard InChI is InChI=1S/C17H24N2O3/c1-13-5-6-14(11-15(13)22-2)12-16(20)18-8-7-17(21)19-9-3-4-10-19/h5-6,11H,3-4,7-10,12H2,1-2H3,(H,18,20). The summed E-state index contributed by atoms with van der Waals surface area (Å²) < 4.78 is 5.25. The van der Waals surface area contributed by atoms with Crippen LogP contribution in [0.25, 0.3) is 0 Å². The Morgan fingerprint density at radius 3 is 2.68 bits per heavy atom. The fraction of sp³-hybridized carbons (Fsp3) is 0.529. The summed E-state index contributed by atoms with van der Waals surface area (Å²) in [6.07, 6.45) is 2.86. The molecule has 1 saturated heterocycles. The summed E-state index contributed by atoms with van der Waals surface area (Å²) in [6.45, 7) is 4.08. The average molecular weight is 304 g/mol. The minimum absolute atomic E-state index is 0.0693. The number of likely N-dealkylation sites (tertiary alicyclic amines) is 1. The maximum absolute atomic E-state index is 11.9. The average Bonchev–Trinajstić information content (AvgIpc) is 3.03. The molecule has 1 N–H and O–H groups in total. The van der Waals surface area contributed by atoms with E-state index >= 15 is 0 Å². The molecule has 0 saturated carbocycles. The van der Waals surface area contributed by atoms with Crippen LogP contribution in [0.15, 0.2) is 18.2 Å². The van der Waals surface area contributed by atoms with Crippen LogP contribution >= 0.6 is 0 Å². The lowest BCUT2D eigenvalue weighted by molar-refractivity contribution is -0.130. The summed E-state index contributed by atoms with van der Waals surface area (Å²) in [4.78, 5) is 25.7. The Balaban J connectivity index is 1.74. The molecule has 120 valence electrons. The summed E-state index contributed by atoms with van der Waals surface area (Å²) in [7, 11) is 1.62. The van der Waals surface area contributed by atoms with Crippen molar-refractivity contribution in [2.24, 2.45) is 0 Å². The van der Waals surface area contributed by atoms with Crippen molar-refractivity contribution in [3.8, 4) is 5.75 Å². The third-order valence-electron chi connectivity index (χ3n) is 3.96. The molecule has 0 atom stereocenters. The predicted molar refractivity (Wildman–Crippen MR) is 84.9 cm³/mol. The van der Waals surface area contributed by atoms with E-state index in [2.05, 4.69) is 5.32 Å². The Bertz CT molecular complexity index is 537. The Labute approximate surface area is 131 Å². The van der Waals surface area contributed by atoms with Gasteiger partial charge in [0.2, 0.25) is 11.8 Å². The third-order valence-corrected chi connectivity index (χ3v) is 3.96. The summed E-state index contributed by atoms with van der Waals surface area (Å²) in [5.74, 6) is 0.851. The van der Waals surface area contributed by atoms with Gasteiger partial charge in [-0.1, -0.05) is 12.1 Å². The summed E-state index contributed by atoms with van der Waals surface area (Å²) >= 11 is 0. The van der Waals surface area contributed by atoms with Gasteiger partial charge in [0.15, 0.2) is 0 Å². The number of ether oxygens (including phenoxy) is 1. The highest BCUT2D eigenvalue weighted by Crippen LogP contribution is 2.19. The zero-order chi connectivity index (χ0) is 15.9. The van der Waals surface area contributed by atoms with Gasteiger partial charge >= 0.3 is 0 Å². The number of carbonyl (C=O) groups is 2. The highest BCUT2D eigenvalue weighted by Gasteiger charge is 2.17. The summed E-state index contributed by atoms with van der Waals surface area (Å²) in [6, 6.07) is 5.75. The number of carbonyl (C=O) groups excluding carboxylic acids is 2. The van der Waals surface area contributed by atoms with E-state index in [0.29, 0.717) is 19.4 Å². The Morgan fingerprint density at radius 2 is 2.00 bits per heavy atom. The van der Waals surface area contributed by atoms with Gasteiger partial charge in [0, 0.05) is 26.1 Å². The Hall–Kier alpha value is -2.04. The maximum Gasteiger partial charge on any atom is 0.224 e. The Morgan fingerprint density at radius 1 is 1.27 bits per heavy atom. The number of amides is 2. The van der Waals surface area contributed by atoms with Gasteiger partial charge in [0.1, 0.15) is 5.75 Å². The second-order valence-corrected chi connectivity index (χ2v) is 5.67. The van der Waals surface area contributed by atoms with Gasteiger partial charge < -0.3 is 15.0 Å². The molecule has 2 rings (SSSR count). The number of hydrogen-bond donors (Lipinski definition) is 1. The van der Waals surface area contributed by atoms with E-state index in [-0.39, 0.29) is 11.8 Å². The number of hydrogen-bond acceptors (Lipinski definition) is 3. The highest BCUT2D eigenvalue weighted by atomic mass is 16.5. The molecule has 1 aliphatic heterocycles. The SMILES string of the molecule is COc1cc(CC(=O)NCCC(=O)N2CCCC2)ccc1C. The van der Waals surface area contributed by atoms with Crippen molar-refractivity contribution in [1.82, 2.24) is 10.2 Å². The smallest absolute Gasteiger partial charge is 0.224 e. The third kappa shape index (κ3) is 4.48. The largest absolute Gasteiger partial charge is 0.496 e.